The number of nitrogens with one attached hydrogen (secondary N) is 1. The van der Waals surface area contributed by atoms with E-state index in [9.17, 15) is 0 Å². The maximum Gasteiger partial charge on any atom is 0.0211 e. The molecule has 1 N–H and O–H groups in total. The highest BCUT2D eigenvalue weighted by atomic mass is 14.9. The molecule has 2 rings (SSSR count). The van der Waals surface area contributed by atoms with Crippen molar-refractivity contribution in [1.82, 2.24) is 5.32 Å². The van der Waals surface area contributed by atoms with Crippen LogP contribution in [0.3, 0.4) is 0 Å². The fourth-order valence-corrected chi connectivity index (χ4v) is 2.59. The van der Waals surface area contributed by atoms with Gasteiger partial charge in [-0.25, -0.2) is 0 Å². The molecule has 82 valence electrons. The van der Waals surface area contributed by atoms with Crippen LogP contribution in [0.4, 0.5) is 0 Å². The monoisotopic (exact) mass is 203 g/mol. The van der Waals surface area contributed by atoms with Gasteiger partial charge in [0.2, 0.25) is 0 Å². The molecule has 0 saturated carbocycles. The zero-order valence-corrected chi connectivity index (χ0v) is 9.84. The molecule has 0 radical (unpaired) electrons. The second kappa shape index (κ2) is 4.80. The van der Waals surface area contributed by atoms with Crippen molar-refractivity contribution in [2.24, 2.45) is 0 Å². The zero-order valence-electron chi connectivity index (χ0n) is 9.84. The Bertz CT molecular complexity index is 330. The van der Waals surface area contributed by atoms with Crippen LogP contribution < -0.4 is 5.32 Å². The molecule has 15 heavy (non-hydrogen) atoms. The van der Waals surface area contributed by atoms with Gasteiger partial charge in [0.05, 0.1) is 0 Å². The van der Waals surface area contributed by atoms with Crippen molar-refractivity contribution in [2.75, 3.05) is 6.54 Å². The molecule has 0 aromatic heterocycles. The number of hydrogen-bond acceptors (Lipinski definition) is 1. The summed E-state index contributed by atoms with van der Waals surface area (Å²) in [7, 11) is 0. The van der Waals surface area contributed by atoms with Gasteiger partial charge in [-0.2, -0.15) is 0 Å². The Morgan fingerprint density at radius 3 is 3.07 bits per heavy atom. The van der Waals surface area contributed by atoms with E-state index < -0.39 is 0 Å². The lowest BCUT2D eigenvalue weighted by molar-refractivity contribution is 0.609. The molecule has 1 aromatic carbocycles. The van der Waals surface area contributed by atoms with Gasteiger partial charge in [-0.05, 0) is 42.0 Å². The first-order valence-electron chi connectivity index (χ1n) is 6.14. The first-order chi connectivity index (χ1) is 7.33. The number of benzene rings is 1. The lowest BCUT2D eigenvalue weighted by Gasteiger charge is -2.23. The smallest absolute Gasteiger partial charge is 0.0211 e. The summed E-state index contributed by atoms with van der Waals surface area (Å²) in [6, 6.07) is 6.83. The minimum atomic E-state index is 0.713. The summed E-state index contributed by atoms with van der Waals surface area (Å²) in [5.74, 6) is 0.713. The molecule has 1 nitrogen and oxygen atoms in total. The van der Waals surface area contributed by atoms with Gasteiger partial charge in [-0.3, -0.25) is 0 Å². The molecule has 1 aliphatic heterocycles. The fraction of sp³-hybridized carbons (Fsp3) is 0.571. The van der Waals surface area contributed by atoms with Gasteiger partial charge in [0.15, 0.2) is 0 Å². The number of fused-ring (bicyclic) bond motifs is 1. The molecule has 1 aliphatic rings. The molecule has 0 saturated heterocycles. The van der Waals surface area contributed by atoms with Gasteiger partial charge in [-0.1, -0.05) is 38.5 Å². The lowest BCUT2D eigenvalue weighted by atomic mass is 9.87. The molecule has 1 heteroatoms. The highest BCUT2D eigenvalue weighted by Gasteiger charge is 2.15. The van der Waals surface area contributed by atoms with Gasteiger partial charge < -0.3 is 5.32 Å². The molecular formula is C14H21N. The van der Waals surface area contributed by atoms with Crippen LogP contribution in [-0.2, 0) is 13.0 Å². The average molecular weight is 203 g/mol. The van der Waals surface area contributed by atoms with Crippen LogP contribution in [0.2, 0.25) is 0 Å². The SMILES string of the molecule is CCCC(C)c1cccc2c1CNCC2. The van der Waals surface area contributed by atoms with Crippen molar-refractivity contribution in [3.05, 3.63) is 34.9 Å². The Morgan fingerprint density at radius 2 is 2.27 bits per heavy atom. The largest absolute Gasteiger partial charge is 0.312 e. The summed E-state index contributed by atoms with van der Waals surface area (Å²) in [6.07, 6.45) is 3.77. The van der Waals surface area contributed by atoms with Gasteiger partial charge in [0.1, 0.15) is 0 Å². The van der Waals surface area contributed by atoms with Crippen LogP contribution in [0.15, 0.2) is 18.2 Å². The summed E-state index contributed by atoms with van der Waals surface area (Å²) < 4.78 is 0. The van der Waals surface area contributed by atoms with E-state index in [-0.39, 0.29) is 0 Å². The van der Waals surface area contributed by atoms with E-state index in [4.69, 9.17) is 0 Å². The molecule has 1 unspecified atom stereocenters. The second-order valence-corrected chi connectivity index (χ2v) is 4.60. The molecular weight excluding hydrogens is 182 g/mol. The standard InChI is InChI=1S/C14H21N/c1-3-5-11(2)13-7-4-6-12-8-9-15-10-14(12)13/h4,6-7,11,15H,3,5,8-10H2,1-2H3. The van der Waals surface area contributed by atoms with E-state index >= 15 is 0 Å². The molecule has 1 heterocycles. The molecule has 0 amide bonds. The summed E-state index contributed by atoms with van der Waals surface area (Å²) in [4.78, 5) is 0. The molecule has 0 bridgehead atoms. The Hall–Kier alpha value is -0.820. The second-order valence-electron chi connectivity index (χ2n) is 4.60. The van der Waals surface area contributed by atoms with Crippen LogP contribution in [0.25, 0.3) is 0 Å². The highest BCUT2D eigenvalue weighted by molar-refractivity contribution is 5.38. The lowest BCUT2D eigenvalue weighted by Crippen LogP contribution is -2.25. The average Bonchev–Trinajstić information content (AvgIpc) is 2.28. The van der Waals surface area contributed by atoms with Crippen LogP contribution in [0, 0.1) is 0 Å². The van der Waals surface area contributed by atoms with E-state index in [0.717, 1.165) is 13.1 Å². The molecule has 0 aliphatic carbocycles. The summed E-state index contributed by atoms with van der Waals surface area (Å²) in [5.41, 5.74) is 4.71. The Labute approximate surface area is 92.9 Å². The van der Waals surface area contributed by atoms with Gasteiger partial charge in [0.25, 0.3) is 0 Å². The first kappa shape index (κ1) is 10.7. The molecule has 1 atom stereocenters. The molecule has 0 fully saturated rings. The number of hydrogen-bond donors (Lipinski definition) is 1. The van der Waals surface area contributed by atoms with Crippen molar-refractivity contribution >= 4 is 0 Å². The third-order valence-corrected chi connectivity index (χ3v) is 3.43. The van der Waals surface area contributed by atoms with Crippen LogP contribution >= 0.6 is 0 Å². The topological polar surface area (TPSA) is 12.0 Å². The van der Waals surface area contributed by atoms with Gasteiger partial charge in [0, 0.05) is 6.54 Å². The van der Waals surface area contributed by atoms with Crippen molar-refractivity contribution < 1.29 is 0 Å². The summed E-state index contributed by atoms with van der Waals surface area (Å²) in [6.45, 7) is 6.83. The van der Waals surface area contributed by atoms with Gasteiger partial charge >= 0.3 is 0 Å². The molecule has 1 aromatic rings. The Kier molecular flexibility index (Phi) is 3.42. The van der Waals surface area contributed by atoms with E-state index in [1.165, 1.54) is 19.3 Å². The minimum absolute atomic E-state index is 0.713. The van der Waals surface area contributed by atoms with Crippen LogP contribution in [-0.4, -0.2) is 6.54 Å². The maximum atomic E-state index is 3.48. The van der Waals surface area contributed by atoms with E-state index in [2.05, 4.69) is 37.4 Å². The third kappa shape index (κ3) is 2.23. The maximum absolute atomic E-state index is 3.48. The van der Waals surface area contributed by atoms with E-state index in [1.807, 2.05) is 0 Å². The van der Waals surface area contributed by atoms with E-state index in [1.54, 1.807) is 16.7 Å². The number of rotatable bonds is 3. The zero-order chi connectivity index (χ0) is 10.7. The van der Waals surface area contributed by atoms with Crippen LogP contribution in [0.1, 0.15) is 49.3 Å². The first-order valence-corrected chi connectivity index (χ1v) is 6.14. The van der Waals surface area contributed by atoms with Crippen molar-refractivity contribution in [3.8, 4) is 0 Å². The van der Waals surface area contributed by atoms with Crippen molar-refractivity contribution in [3.63, 3.8) is 0 Å². The minimum Gasteiger partial charge on any atom is -0.312 e. The predicted octanol–water partition coefficient (Wildman–Crippen LogP) is 3.24. The Balaban J connectivity index is 2.30. The fourth-order valence-electron chi connectivity index (χ4n) is 2.59. The summed E-state index contributed by atoms with van der Waals surface area (Å²) in [5, 5.41) is 3.48. The normalized spacial score (nSPS) is 17.2. The highest BCUT2D eigenvalue weighted by Crippen LogP contribution is 2.27. The molecule has 0 spiro atoms. The van der Waals surface area contributed by atoms with Crippen molar-refractivity contribution in [1.29, 1.82) is 0 Å². The Morgan fingerprint density at radius 1 is 1.40 bits per heavy atom. The summed E-state index contributed by atoms with van der Waals surface area (Å²) >= 11 is 0. The van der Waals surface area contributed by atoms with Crippen molar-refractivity contribution in [2.45, 2.75) is 45.6 Å². The third-order valence-electron chi connectivity index (χ3n) is 3.43. The quantitative estimate of drug-likeness (QED) is 0.795. The van der Waals surface area contributed by atoms with Crippen LogP contribution in [0.5, 0.6) is 0 Å². The predicted molar refractivity (Wildman–Crippen MR) is 65.2 cm³/mol. The van der Waals surface area contributed by atoms with E-state index in [0.29, 0.717) is 5.92 Å². The van der Waals surface area contributed by atoms with Gasteiger partial charge in [-0.15, -0.1) is 0 Å².